The van der Waals surface area contributed by atoms with Crippen LogP contribution < -0.4 is 6.15 Å². The van der Waals surface area contributed by atoms with Crippen LogP contribution in [0.2, 0.25) is 19.8 Å². The third kappa shape index (κ3) is 6.08. The second-order valence-electron chi connectivity index (χ2n) is 5.73. The molecule has 0 aliphatic heterocycles. The Balaban J connectivity index is 2.01. The summed E-state index contributed by atoms with van der Waals surface area (Å²) in [5, 5.41) is 0. The SMILES string of the molecule is [CH3][Sn]([CH3])([O]c1ccccc1)[O][Sn]([CH3])([CH3])[O]c1ccccc1. The standard InChI is InChI=1S/2C6H6O.4CH3.O.2Sn/c2*7-6-4-2-1-3-5-6;;;;;;;/h2*1-5,7H;4*1H3;;;/q;;;;;;;2*+1/p-2. The average molecular weight is 500 g/mol. The third-order valence-corrected chi connectivity index (χ3v) is 28.5. The summed E-state index contributed by atoms with van der Waals surface area (Å²) < 4.78 is 18.7. The minimum absolute atomic E-state index is 0.889. The van der Waals surface area contributed by atoms with Gasteiger partial charge in [-0.05, 0) is 0 Å². The van der Waals surface area contributed by atoms with E-state index in [1.165, 1.54) is 0 Å². The van der Waals surface area contributed by atoms with Gasteiger partial charge in [0, 0.05) is 0 Å². The molecule has 0 atom stereocenters. The Morgan fingerprint density at radius 3 is 1.24 bits per heavy atom. The molecular formula is C16H22O3Sn2. The fraction of sp³-hybridized carbons (Fsp3) is 0.250. The van der Waals surface area contributed by atoms with Crippen LogP contribution in [0.4, 0.5) is 0 Å². The van der Waals surface area contributed by atoms with Crippen LogP contribution in [-0.4, -0.2) is 38.4 Å². The maximum absolute atomic E-state index is 6.41. The van der Waals surface area contributed by atoms with E-state index in [1.807, 2.05) is 60.7 Å². The zero-order valence-electron chi connectivity index (χ0n) is 13.0. The van der Waals surface area contributed by atoms with Gasteiger partial charge in [-0.3, -0.25) is 0 Å². The van der Waals surface area contributed by atoms with Gasteiger partial charge in [-0.2, -0.15) is 0 Å². The van der Waals surface area contributed by atoms with E-state index in [1.54, 1.807) is 0 Å². The van der Waals surface area contributed by atoms with Crippen LogP contribution in [0.25, 0.3) is 0 Å². The molecule has 2 rings (SSSR count). The predicted octanol–water partition coefficient (Wildman–Crippen LogP) is 4.56. The molecule has 2 aromatic carbocycles. The number of hydrogen-bond donors (Lipinski definition) is 0. The molecule has 0 saturated carbocycles. The van der Waals surface area contributed by atoms with Gasteiger partial charge in [0.25, 0.3) is 0 Å². The van der Waals surface area contributed by atoms with Gasteiger partial charge in [0.2, 0.25) is 0 Å². The zero-order valence-corrected chi connectivity index (χ0v) is 18.7. The summed E-state index contributed by atoms with van der Waals surface area (Å²) in [7, 11) is 0. The second kappa shape index (κ2) is 7.24. The van der Waals surface area contributed by atoms with Crippen LogP contribution in [0.1, 0.15) is 0 Å². The average Bonchev–Trinajstić information content (AvgIpc) is 2.38. The molecule has 0 spiro atoms. The molecule has 0 aliphatic carbocycles. The quantitative estimate of drug-likeness (QED) is 0.545. The van der Waals surface area contributed by atoms with Crippen molar-refractivity contribution in [2.75, 3.05) is 0 Å². The number of rotatable bonds is 6. The van der Waals surface area contributed by atoms with Crippen LogP contribution in [0.15, 0.2) is 60.7 Å². The van der Waals surface area contributed by atoms with Crippen LogP contribution in [0.3, 0.4) is 0 Å². The van der Waals surface area contributed by atoms with E-state index in [2.05, 4.69) is 19.8 Å². The normalized spacial score (nSPS) is 12.0. The Hall–Kier alpha value is -0.403. The van der Waals surface area contributed by atoms with Gasteiger partial charge < -0.3 is 0 Å². The molecule has 0 N–H and O–H groups in total. The van der Waals surface area contributed by atoms with Crippen molar-refractivity contribution in [3.8, 4) is 11.5 Å². The van der Waals surface area contributed by atoms with Crippen LogP contribution in [0.5, 0.6) is 11.5 Å². The van der Waals surface area contributed by atoms with Crippen molar-refractivity contribution < 1.29 is 7.56 Å². The molecule has 0 saturated heterocycles. The van der Waals surface area contributed by atoms with Crippen molar-refractivity contribution >= 4 is 38.4 Å². The first-order chi connectivity index (χ1) is 9.86. The number of benzene rings is 2. The predicted molar refractivity (Wildman–Crippen MR) is 90.2 cm³/mol. The van der Waals surface area contributed by atoms with Crippen LogP contribution >= 0.6 is 0 Å². The Morgan fingerprint density at radius 1 is 0.571 bits per heavy atom. The van der Waals surface area contributed by atoms with E-state index in [4.69, 9.17) is 7.56 Å². The molecule has 0 unspecified atom stereocenters. The van der Waals surface area contributed by atoms with E-state index in [-0.39, 0.29) is 0 Å². The molecule has 0 radical (unpaired) electrons. The molecule has 5 heteroatoms. The number of hydrogen-bond acceptors (Lipinski definition) is 3. The summed E-state index contributed by atoms with van der Waals surface area (Å²) in [5.41, 5.74) is 0. The fourth-order valence-corrected chi connectivity index (χ4v) is 34.1. The molecule has 0 fully saturated rings. The molecule has 3 nitrogen and oxygen atoms in total. The van der Waals surface area contributed by atoms with Gasteiger partial charge >= 0.3 is 138 Å². The topological polar surface area (TPSA) is 27.7 Å². The van der Waals surface area contributed by atoms with E-state index in [0.29, 0.717) is 0 Å². The minimum atomic E-state index is -3.06. The van der Waals surface area contributed by atoms with Gasteiger partial charge in [0.05, 0.1) is 0 Å². The summed E-state index contributed by atoms with van der Waals surface area (Å²) in [6.45, 7) is 0. The summed E-state index contributed by atoms with van der Waals surface area (Å²) in [6.07, 6.45) is 0. The Labute approximate surface area is 137 Å². The third-order valence-electron chi connectivity index (χ3n) is 2.71. The first-order valence-electron chi connectivity index (χ1n) is 7.05. The van der Waals surface area contributed by atoms with Crippen molar-refractivity contribution in [2.24, 2.45) is 0 Å². The second-order valence-corrected chi connectivity index (χ2v) is 27.4. The van der Waals surface area contributed by atoms with Crippen LogP contribution in [0, 0.1) is 0 Å². The molecule has 112 valence electrons. The summed E-state index contributed by atoms with van der Waals surface area (Å²) in [6, 6.07) is 19.8. The molecule has 0 aromatic heterocycles. The van der Waals surface area contributed by atoms with Gasteiger partial charge in [0.15, 0.2) is 0 Å². The molecule has 21 heavy (non-hydrogen) atoms. The Kier molecular flexibility index (Phi) is 5.85. The van der Waals surface area contributed by atoms with Crippen molar-refractivity contribution in [3.05, 3.63) is 60.7 Å². The van der Waals surface area contributed by atoms with Gasteiger partial charge in [-0.15, -0.1) is 0 Å². The fourth-order valence-electron chi connectivity index (χ4n) is 2.18. The molecule has 0 bridgehead atoms. The molecule has 2 aromatic rings. The van der Waals surface area contributed by atoms with E-state index in [0.717, 1.165) is 11.5 Å². The van der Waals surface area contributed by atoms with E-state index < -0.39 is 38.4 Å². The van der Waals surface area contributed by atoms with Gasteiger partial charge in [0.1, 0.15) is 0 Å². The van der Waals surface area contributed by atoms with Gasteiger partial charge in [-0.25, -0.2) is 0 Å². The monoisotopic (exact) mass is 502 g/mol. The molecule has 0 aliphatic rings. The summed E-state index contributed by atoms with van der Waals surface area (Å²) in [5.74, 6) is 1.78. The molecule has 0 heterocycles. The van der Waals surface area contributed by atoms with E-state index in [9.17, 15) is 0 Å². The molecule has 0 amide bonds. The van der Waals surface area contributed by atoms with Crippen LogP contribution in [-0.2, 0) is 1.41 Å². The maximum atomic E-state index is 6.41. The van der Waals surface area contributed by atoms with Crippen molar-refractivity contribution in [3.63, 3.8) is 0 Å². The van der Waals surface area contributed by atoms with Gasteiger partial charge in [-0.1, -0.05) is 0 Å². The van der Waals surface area contributed by atoms with Crippen molar-refractivity contribution in [1.82, 2.24) is 0 Å². The first kappa shape index (κ1) is 17.0. The zero-order chi connectivity index (χ0) is 15.3. The van der Waals surface area contributed by atoms with E-state index >= 15 is 0 Å². The Bertz CT molecular complexity index is 505. The van der Waals surface area contributed by atoms with Crippen molar-refractivity contribution in [1.29, 1.82) is 0 Å². The summed E-state index contributed by atoms with van der Waals surface area (Å²) in [4.78, 5) is 8.53. The Morgan fingerprint density at radius 2 is 0.905 bits per heavy atom. The van der Waals surface area contributed by atoms with Crippen molar-refractivity contribution in [2.45, 2.75) is 19.8 Å². The number of para-hydroxylation sites is 2. The summed E-state index contributed by atoms with van der Waals surface area (Å²) >= 11 is -6.12. The first-order valence-corrected chi connectivity index (χ1v) is 23.1. The molecular weight excluding hydrogens is 478 g/mol.